The third-order valence-electron chi connectivity index (χ3n) is 2.83. The first-order chi connectivity index (χ1) is 9.35. The average molecular weight is 260 g/mol. The maximum atomic E-state index is 5.84. The molecule has 102 valence electrons. The van der Waals surface area contributed by atoms with Crippen LogP contribution in [-0.2, 0) is 9.47 Å². The molecular weight excluding hydrogens is 240 g/mol. The van der Waals surface area contributed by atoms with E-state index in [2.05, 4.69) is 18.2 Å². The topological polar surface area (TPSA) is 27.7 Å². The molecule has 0 aliphatic carbocycles. The van der Waals surface area contributed by atoms with Crippen LogP contribution in [-0.4, -0.2) is 26.1 Å². The lowest BCUT2D eigenvalue weighted by Crippen LogP contribution is -2.25. The van der Waals surface area contributed by atoms with Crippen LogP contribution in [0.25, 0.3) is 10.8 Å². The van der Waals surface area contributed by atoms with Crippen molar-refractivity contribution in [1.82, 2.24) is 0 Å². The molecule has 19 heavy (non-hydrogen) atoms. The molecule has 0 aliphatic heterocycles. The van der Waals surface area contributed by atoms with E-state index >= 15 is 0 Å². The van der Waals surface area contributed by atoms with Crippen LogP contribution >= 0.6 is 0 Å². The van der Waals surface area contributed by atoms with E-state index in [-0.39, 0.29) is 6.29 Å². The Labute approximate surface area is 114 Å². The maximum Gasteiger partial charge on any atom is 0.191 e. The van der Waals surface area contributed by atoms with Gasteiger partial charge in [0, 0.05) is 18.6 Å². The second kappa shape index (κ2) is 7.12. The first-order valence-corrected chi connectivity index (χ1v) is 6.69. The highest BCUT2D eigenvalue weighted by Gasteiger charge is 2.10. The summed E-state index contributed by atoms with van der Waals surface area (Å²) in [6.45, 7) is 5.52. The van der Waals surface area contributed by atoms with Gasteiger partial charge in [-0.15, -0.1) is 0 Å². The van der Waals surface area contributed by atoms with Gasteiger partial charge >= 0.3 is 0 Å². The van der Waals surface area contributed by atoms with Crippen LogP contribution in [0.2, 0.25) is 0 Å². The minimum atomic E-state index is -0.311. The first-order valence-electron chi connectivity index (χ1n) is 6.69. The zero-order chi connectivity index (χ0) is 13.5. The smallest absolute Gasteiger partial charge is 0.191 e. The highest BCUT2D eigenvalue weighted by Crippen LogP contribution is 2.25. The molecular formula is C16H20O3. The van der Waals surface area contributed by atoms with Gasteiger partial charge in [0.05, 0.1) is 0 Å². The fraction of sp³-hybridized carbons (Fsp3) is 0.375. The third-order valence-corrected chi connectivity index (χ3v) is 2.83. The van der Waals surface area contributed by atoms with Crippen LogP contribution in [0.5, 0.6) is 5.75 Å². The van der Waals surface area contributed by atoms with Crippen molar-refractivity contribution < 1.29 is 14.2 Å². The zero-order valence-corrected chi connectivity index (χ0v) is 11.5. The molecule has 3 heteroatoms. The minimum absolute atomic E-state index is 0.311. The Hall–Kier alpha value is -1.58. The lowest BCUT2D eigenvalue weighted by atomic mass is 10.1. The molecule has 0 spiro atoms. The Bertz CT molecular complexity index is 499. The average Bonchev–Trinajstić information content (AvgIpc) is 2.45. The molecule has 0 aromatic heterocycles. The Morgan fingerprint density at radius 3 is 2.32 bits per heavy atom. The molecule has 0 N–H and O–H groups in total. The van der Waals surface area contributed by atoms with Gasteiger partial charge < -0.3 is 14.2 Å². The molecule has 0 bridgehead atoms. The molecule has 0 saturated heterocycles. The van der Waals surface area contributed by atoms with Crippen LogP contribution in [0.3, 0.4) is 0 Å². The summed E-state index contributed by atoms with van der Waals surface area (Å²) in [7, 11) is 0. The van der Waals surface area contributed by atoms with E-state index in [1.165, 1.54) is 5.39 Å². The highest BCUT2D eigenvalue weighted by molar-refractivity contribution is 5.88. The summed E-state index contributed by atoms with van der Waals surface area (Å²) in [5, 5.41) is 2.28. The number of benzene rings is 2. The van der Waals surface area contributed by atoms with Gasteiger partial charge in [0.15, 0.2) is 6.29 Å². The van der Waals surface area contributed by atoms with E-state index in [4.69, 9.17) is 14.2 Å². The van der Waals surface area contributed by atoms with E-state index in [0.29, 0.717) is 19.8 Å². The molecule has 2 aromatic rings. The Morgan fingerprint density at radius 2 is 1.58 bits per heavy atom. The number of hydrogen-bond acceptors (Lipinski definition) is 3. The van der Waals surface area contributed by atoms with Gasteiger partial charge in [-0.05, 0) is 25.3 Å². The molecule has 0 atom stereocenters. The van der Waals surface area contributed by atoms with Crippen molar-refractivity contribution >= 4 is 10.8 Å². The molecule has 0 amide bonds. The minimum Gasteiger partial charge on any atom is -0.488 e. The van der Waals surface area contributed by atoms with Crippen LogP contribution < -0.4 is 4.74 Å². The highest BCUT2D eigenvalue weighted by atomic mass is 16.7. The van der Waals surface area contributed by atoms with Gasteiger partial charge in [0.1, 0.15) is 12.4 Å². The van der Waals surface area contributed by atoms with Crippen molar-refractivity contribution in [3.8, 4) is 5.75 Å². The monoisotopic (exact) mass is 260 g/mol. The predicted molar refractivity (Wildman–Crippen MR) is 76.5 cm³/mol. The van der Waals surface area contributed by atoms with Crippen LogP contribution in [0, 0.1) is 0 Å². The Kier molecular flexibility index (Phi) is 5.19. The zero-order valence-electron chi connectivity index (χ0n) is 11.5. The van der Waals surface area contributed by atoms with Crippen LogP contribution in [0.15, 0.2) is 42.5 Å². The SMILES string of the molecule is CCOC(COc1cccc2ccccc12)OCC. The van der Waals surface area contributed by atoms with Gasteiger partial charge in [-0.2, -0.15) is 0 Å². The fourth-order valence-electron chi connectivity index (χ4n) is 2.00. The van der Waals surface area contributed by atoms with Crippen molar-refractivity contribution in [2.45, 2.75) is 20.1 Å². The molecule has 0 radical (unpaired) electrons. The molecule has 2 rings (SSSR count). The van der Waals surface area contributed by atoms with Crippen molar-refractivity contribution in [3.63, 3.8) is 0 Å². The van der Waals surface area contributed by atoms with E-state index in [9.17, 15) is 0 Å². The van der Waals surface area contributed by atoms with E-state index in [1.807, 2.05) is 38.1 Å². The lowest BCUT2D eigenvalue weighted by Gasteiger charge is -2.18. The lowest BCUT2D eigenvalue weighted by molar-refractivity contribution is -0.152. The first kappa shape index (κ1) is 13.8. The fourth-order valence-corrected chi connectivity index (χ4v) is 2.00. The summed E-state index contributed by atoms with van der Waals surface area (Å²) < 4.78 is 16.8. The molecule has 0 unspecified atom stereocenters. The molecule has 0 saturated carbocycles. The summed E-state index contributed by atoms with van der Waals surface area (Å²) in [5.41, 5.74) is 0. The number of fused-ring (bicyclic) bond motifs is 1. The van der Waals surface area contributed by atoms with E-state index in [0.717, 1.165) is 11.1 Å². The molecule has 2 aromatic carbocycles. The van der Waals surface area contributed by atoms with Crippen molar-refractivity contribution in [2.75, 3.05) is 19.8 Å². The standard InChI is InChI=1S/C16H20O3/c1-3-17-16(18-4-2)12-19-15-11-7-9-13-8-5-6-10-14(13)15/h5-11,16H,3-4,12H2,1-2H3. The van der Waals surface area contributed by atoms with Gasteiger partial charge in [-0.1, -0.05) is 36.4 Å². The maximum absolute atomic E-state index is 5.84. The molecule has 0 fully saturated rings. The largest absolute Gasteiger partial charge is 0.488 e. The normalized spacial score (nSPS) is 11.1. The van der Waals surface area contributed by atoms with Gasteiger partial charge in [-0.3, -0.25) is 0 Å². The van der Waals surface area contributed by atoms with Crippen molar-refractivity contribution in [3.05, 3.63) is 42.5 Å². The van der Waals surface area contributed by atoms with Crippen molar-refractivity contribution in [1.29, 1.82) is 0 Å². The van der Waals surface area contributed by atoms with Gasteiger partial charge in [0.2, 0.25) is 0 Å². The summed E-state index contributed by atoms with van der Waals surface area (Å²) >= 11 is 0. The van der Waals surface area contributed by atoms with E-state index in [1.54, 1.807) is 0 Å². The summed E-state index contributed by atoms with van der Waals surface area (Å²) in [6.07, 6.45) is -0.311. The Morgan fingerprint density at radius 1 is 0.895 bits per heavy atom. The van der Waals surface area contributed by atoms with E-state index < -0.39 is 0 Å². The third kappa shape index (κ3) is 3.69. The summed E-state index contributed by atoms with van der Waals surface area (Å²) in [6, 6.07) is 14.2. The van der Waals surface area contributed by atoms with Crippen LogP contribution in [0.4, 0.5) is 0 Å². The Balaban J connectivity index is 2.08. The predicted octanol–water partition coefficient (Wildman–Crippen LogP) is 3.62. The van der Waals surface area contributed by atoms with Crippen LogP contribution in [0.1, 0.15) is 13.8 Å². The summed E-state index contributed by atoms with van der Waals surface area (Å²) in [4.78, 5) is 0. The number of ether oxygens (including phenoxy) is 3. The second-order valence-corrected chi connectivity index (χ2v) is 4.13. The van der Waals surface area contributed by atoms with Gasteiger partial charge in [0.25, 0.3) is 0 Å². The molecule has 0 aliphatic rings. The quantitative estimate of drug-likeness (QED) is 0.712. The number of rotatable bonds is 7. The number of hydrogen-bond donors (Lipinski definition) is 0. The van der Waals surface area contributed by atoms with Crippen molar-refractivity contribution in [2.24, 2.45) is 0 Å². The summed E-state index contributed by atoms with van der Waals surface area (Å²) in [5.74, 6) is 0.863. The second-order valence-electron chi connectivity index (χ2n) is 4.13. The molecule has 0 heterocycles. The van der Waals surface area contributed by atoms with Gasteiger partial charge in [-0.25, -0.2) is 0 Å². The molecule has 3 nitrogen and oxygen atoms in total.